The van der Waals surface area contributed by atoms with Gasteiger partial charge < -0.3 is 31.0 Å². The number of fused-ring (bicyclic) bond motifs is 2. The van der Waals surface area contributed by atoms with E-state index in [9.17, 15) is 19.2 Å². The molecular formula is C24H29N5O5. The Hall–Kier alpha value is -3.56. The van der Waals surface area contributed by atoms with Gasteiger partial charge in [0, 0.05) is 29.9 Å². The first-order valence-corrected chi connectivity index (χ1v) is 11.7. The molecule has 3 fully saturated rings. The molecule has 180 valence electrons. The average Bonchev–Trinajstić information content (AvgIpc) is 3.27. The second-order valence-corrected chi connectivity index (χ2v) is 9.50. The molecule has 5 rings (SSSR count). The van der Waals surface area contributed by atoms with E-state index in [2.05, 4.69) is 15.6 Å². The molecule has 3 heterocycles. The Morgan fingerprint density at radius 3 is 2.88 bits per heavy atom. The number of piperidine rings is 2. The first-order chi connectivity index (χ1) is 16.4. The van der Waals surface area contributed by atoms with Crippen LogP contribution in [0.2, 0.25) is 0 Å². The molecule has 3 aliphatic rings. The van der Waals surface area contributed by atoms with Crippen molar-refractivity contribution in [1.29, 1.82) is 0 Å². The van der Waals surface area contributed by atoms with Crippen molar-refractivity contribution >= 4 is 34.5 Å². The van der Waals surface area contributed by atoms with Gasteiger partial charge in [-0.25, -0.2) is 0 Å². The minimum Gasteiger partial charge on any atom is -0.496 e. The van der Waals surface area contributed by atoms with Gasteiger partial charge in [-0.2, -0.15) is 0 Å². The molecule has 10 nitrogen and oxygen atoms in total. The van der Waals surface area contributed by atoms with Gasteiger partial charge in [0.2, 0.25) is 17.7 Å². The van der Waals surface area contributed by atoms with Crippen LogP contribution in [0.25, 0.3) is 10.9 Å². The molecule has 34 heavy (non-hydrogen) atoms. The van der Waals surface area contributed by atoms with E-state index in [1.807, 2.05) is 18.2 Å². The molecule has 0 bridgehead atoms. The largest absolute Gasteiger partial charge is 0.496 e. The number of nitrogens with two attached hydrogens (primary N) is 1. The maximum absolute atomic E-state index is 13.4. The minimum atomic E-state index is -0.964. The number of carbonyl (C=O) groups excluding carboxylic acids is 4. The average molecular weight is 468 g/mol. The number of ether oxygens (including phenoxy) is 1. The highest BCUT2D eigenvalue weighted by Crippen LogP contribution is 2.50. The number of rotatable bonds is 7. The van der Waals surface area contributed by atoms with Crippen molar-refractivity contribution in [3.8, 4) is 5.75 Å². The van der Waals surface area contributed by atoms with Crippen molar-refractivity contribution in [1.82, 2.24) is 20.5 Å². The first kappa shape index (κ1) is 22.2. The van der Waals surface area contributed by atoms with Gasteiger partial charge in [-0.05, 0) is 55.7 Å². The van der Waals surface area contributed by atoms with E-state index < -0.39 is 23.9 Å². The number of hydrogen-bond acceptors (Lipinski definition) is 5. The second-order valence-electron chi connectivity index (χ2n) is 9.50. The van der Waals surface area contributed by atoms with Crippen molar-refractivity contribution in [2.45, 2.75) is 37.8 Å². The molecule has 1 unspecified atom stereocenters. The van der Waals surface area contributed by atoms with Crippen LogP contribution in [-0.4, -0.2) is 65.8 Å². The zero-order chi connectivity index (χ0) is 24.0. The van der Waals surface area contributed by atoms with E-state index in [4.69, 9.17) is 10.5 Å². The van der Waals surface area contributed by atoms with Crippen LogP contribution >= 0.6 is 0 Å². The Morgan fingerprint density at radius 2 is 2.15 bits per heavy atom. The second kappa shape index (κ2) is 8.66. The molecule has 1 aliphatic carbocycles. The minimum absolute atomic E-state index is 0.0642. The molecule has 1 saturated carbocycles. The van der Waals surface area contributed by atoms with E-state index in [0.717, 1.165) is 23.7 Å². The number of methoxy groups -OCH3 is 1. The fraction of sp³-hybridized carbons (Fsp3) is 0.500. The number of carbonyl (C=O) groups is 4. The molecule has 0 radical (unpaired) electrons. The molecule has 2 aliphatic heterocycles. The number of nitrogens with one attached hydrogen (secondary N) is 3. The van der Waals surface area contributed by atoms with Gasteiger partial charge in [-0.15, -0.1) is 0 Å². The topological polar surface area (TPSA) is 147 Å². The lowest BCUT2D eigenvalue weighted by Crippen LogP contribution is -2.54. The molecular weight excluding hydrogens is 438 g/mol. The quantitative estimate of drug-likeness (QED) is 0.469. The highest BCUT2D eigenvalue weighted by molar-refractivity contribution is 6.02. The van der Waals surface area contributed by atoms with Gasteiger partial charge in [0.05, 0.1) is 7.11 Å². The lowest BCUT2D eigenvalue weighted by Gasteiger charge is -2.29. The van der Waals surface area contributed by atoms with Crippen LogP contribution in [-0.2, 0) is 14.4 Å². The Labute approximate surface area is 196 Å². The molecule has 5 N–H and O–H groups in total. The van der Waals surface area contributed by atoms with E-state index >= 15 is 0 Å². The fourth-order valence-corrected chi connectivity index (χ4v) is 5.43. The van der Waals surface area contributed by atoms with Crippen LogP contribution in [0.4, 0.5) is 0 Å². The predicted octanol–water partition coefficient (Wildman–Crippen LogP) is 0.523. The zero-order valence-electron chi connectivity index (χ0n) is 19.0. The lowest BCUT2D eigenvalue weighted by molar-refractivity contribution is -0.132. The summed E-state index contributed by atoms with van der Waals surface area (Å²) in [5.41, 5.74) is 6.71. The van der Waals surface area contributed by atoms with Gasteiger partial charge >= 0.3 is 0 Å². The van der Waals surface area contributed by atoms with Crippen molar-refractivity contribution in [2.24, 2.45) is 23.5 Å². The number of benzene rings is 1. The molecule has 0 spiro atoms. The van der Waals surface area contributed by atoms with E-state index in [1.165, 1.54) is 0 Å². The van der Waals surface area contributed by atoms with Crippen LogP contribution in [0.3, 0.4) is 0 Å². The molecule has 4 amide bonds. The molecule has 1 aromatic heterocycles. The Kier molecular flexibility index (Phi) is 5.66. The van der Waals surface area contributed by atoms with Crippen molar-refractivity contribution in [3.05, 3.63) is 30.0 Å². The summed E-state index contributed by atoms with van der Waals surface area (Å²) in [5.74, 6) is -0.854. The number of amides is 4. The number of H-pyrrole nitrogens is 1. The lowest BCUT2D eigenvalue weighted by atomic mass is 9.91. The van der Waals surface area contributed by atoms with Gasteiger partial charge in [0.15, 0.2) is 0 Å². The normalized spacial score (nSPS) is 26.5. The van der Waals surface area contributed by atoms with Gasteiger partial charge in [-0.3, -0.25) is 19.2 Å². The molecule has 5 atom stereocenters. The summed E-state index contributed by atoms with van der Waals surface area (Å²) >= 11 is 0. The maximum atomic E-state index is 13.4. The summed E-state index contributed by atoms with van der Waals surface area (Å²) in [6.45, 7) is 1.10. The third-order valence-electron chi connectivity index (χ3n) is 7.33. The first-order valence-electron chi connectivity index (χ1n) is 11.7. The fourth-order valence-electron chi connectivity index (χ4n) is 5.43. The summed E-state index contributed by atoms with van der Waals surface area (Å²) < 4.78 is 5.38. The number of primary amides is 1. The number of aromatic nitrogens is 1. The standard InChI is InChI=1S/C24H29N5O5/c1-34-19-6-2-5-16-15(19)10-18(27-16)24(33)29-11-13-8-14(13)20(29)23(32)28-17(21(25)30)9-12-4-3-7-26-22(12)31/h2,5-6,10,12-14,17,20,27H,3-4,7-9,11H2,1H3,(H2,25,30)(H,26,31)(H,28,32)/t12-,13-,14-,17?,20-/m0/s1. The molecule has 1 aromatic carbocycles. The molecule has 10 heteroatoms. The summed E-state index contributed by atoms with van der Waals surface area (Å²) in [7, 11) is 1.57. The van der Waals surface area contributed by atoms with Crippen LogP contribution in [0, 0.1) is 17.8 Å². The summed E-state index contributed by atoms with van der Waals surface area (Å²) in [4.78, 5) is 55.6. The van der Waals surface area contributed by atoms with E-state index in [1.54, 1.807) is 18.1 Å². The third kappa shape index (κ3) is 3.97. The van der Waals surface area contributed by atoms with Gasteiger partial charge in [0.25, 0.3) is 5.91 Å². The number of hydrogen-bond donors (Lipinski definition) is 4. The highest BCUT2D eigenvalue weighted by atomic mass is 16.5. The van der Waals surface area contributed by atoms with Crippen molar-refractivity contribution in [3.63, 3.8) is 0 Å². The van der Waals surface area contributed by atoms with Crippen LogP contribution < -0.4 is 21.1 Å². The SMILES string of the molecule is COc1cccc2[nH]c(C(=O)N3C[C@@H]4C[C@@H]4[C@H]3C(=O)NC(C[C@@H]3CCCNC3=O)C(N)=O)cc12. The van der Waals surface area contributed by atoms with Crippen molar-refractivity contribution in [2.75, 3.05) is 20.2 Å². The van der Waals surface area contributed by atoms with Crippen LogP contribution in [0.1, 0.15) is 36.2 Å². The van der Waals surface area contributed by atoms with E-state index in [-0.39, 0.29) is 36.0 Å². The zero-order valence-corrected chi connectivity index (χ0v) is 19.0. The Balaban J connectivity index is 1.33. The number of aromatic amines is 1. The Bertz CT molecular complexity index is 1160. The predicted molar refractivity (Wildman–Crippen MR) is 123 cm³/mol. The molecule has 2 saturated heterocycles. The third-order valence-corrected chi connectivity index (χ3v) is 7.33. The van der Waals surface area contributed by atoms with Crippen molar-refractivity contribution < 1.29 is 23.9 Å². The summed E-state index contributed by atoms with van der Waals surface area (Å²) in [5, 5.41) is 6.33. The summed E-state index contributed by atoms with van der Waals surface area (Å²) in [6, 6.07) is 5.62. The number of nitrogens with zero attached hydrogens (tertiary/aromatic N) is 1. The van der Waals surface area contributed by atoms with Crippen LogP contribution in [0.15, 0.2) is 24.3 Å². The van der Waals surface area contributed by atoms with Gasteiger partial charge in [-0.1, -0.05) is 6.07 Å². The smallest absolute Gasteiger partial charge is 0.271 e. The van der Waals surface area contributed by atoms with E-state index in [0.29, 0.717) is 31.0 Å². The maximum Gasteiger partial charge on any atom is 0.271 e. The monoisotopic (exact) mass is 467 g/mol. The van der Waals surface area contributed by atoms with Gasteiger partial charge in [0.1, 0.15) is 23.5 Å². The number of likely N-dealkylation sites (tertiary alicyclic amines) is 1. The summed E-state index contributed by atoms with van der Waals surface area (Å²) in [6.07, 6.45) is 2.49. The molecule has 2 aromatic rings. The van der Waals surface area contributed by atoms with Crippen LogP contribution in [0.5, 0.6) is 5.75 Å². The highest BCUT2D eigenvalue weighted by Gasteiger charge is 2.57. The Morgan fingerprint density at radius 1 is 1.32 bits per heavy atom.